The molecule has 112 valence electrons. The number of benzene rings is 1. The molecule has 4 nitrogen and oxygen atoms in total. The molecule has 3 N–H and O–H groups in total. The average molecular weight is 278 g/mol. The predicted octanol–water partition coefficient (Wildman–Crippen LogP) is 1.79. The standard InChI is InChI=1S/C16H26N2O2/c1-20-15-6-2-5-14(10-15)16(11-17)18-8-3-4-13(12-18)7-9-19/h2,5-6,10,13,16,19H,3-4,7-9,11-12,17H2,1H3. The van der Waals surface area contributed by atoms with Crippen LogP contribution in [0.1, 0.15) is 30.9 Å². The van der Waals surface area contributed by atoms with Crippen molar-refractivity contribution in [3.05, 3.63) is 29.8 Å². The van der Waals surface area contributed by atoms with Crippen LogP contribution in [0.3, 0.4) is 0 Å². The minimum Gasteiger partial charge on any atom is -0.497 e. The number of piperidine rings is 1. The van der Waals surface area contributed by atoms with Gasteiger partial charge in [-0.1, -0.05) is 12.1 Å². The van der Waals surface area contributed by atoms with Gasteiger partial charge in [0.2, 0.25) is 0 Å². The molecule has 1 aromatic carbocycles. The van der Waals surface area contributed by atoms with Crippen molar-refractivity contribution in [3.63, 3.8) is 0 Å². The first-order valence-electron chi connectivity index (χ1n) is 7.47. The van der Waals surface area contributed by atoms with Gasteiger partial charge in [-0.2, -0.15) is 0 Å². The van der Waals surface area contributed by atoms with E-state index in [4.69, 9.17) is 15.6 Å². The van der Waals surface area contributed by atoms with Crippen LogP contribution in [-0.2, 0) is 0 Å². The normalized spacial score (nSPS) is 21.6. The maximum atomic E-state index is 9.13. The first kappa shape index (κ1) is 15.3. The number of methoxy groups -OCH3 is 1. The lowest BCUT2D eigenvalue weighted by Crippen LogP contribution is -2.41. The summed E-state index contributed by atoms with van der Waals surface area (Å²) in [5.74, 6) is 1.47. The van der Waals surface area contributed by atoms with Crippen LogP contribution in [0.25, 0.3) is 0 Å². The van der Waals surface area contributed by atoms with E-state index >= 15 is 0 Å². The van der Waals surface area contributed by atoms with Gasteiger partial charge < -0.3 is 15.6 Å². The van der Waals surface area contributed by atoms with E-state index in [1.54, 1.807) is 7.11 Å². The molecule has 0 aromatic heterocycles. The zero-order chi connectivity index (χ0) is 14.4. The van der Waals surface area contributed by atoms with Crippen molar-refractivity contribution in [2.45, 2.75) is 25.3 Å². The summed E-state index contributed by atoms with van der Waals surface area (Å²) in [6, 6.07) is 8.42. The molecule has 20 heavy (non-hydrogen) atoms. The molecule has 2 unspecified atom stereocenters. The lowest BCUT2D eigenvalue weighted by Gasteiger charge is -2.38. The molecule has 0 spiro atoms. The van der Waals surface area contributed by atoms with Gasteiger partial charge in [0, 0.05) is 25.7 Å². The fourth-order valence-corrected chi connectivity index (χ4v) is 3.14. The number of likely N-dealkylation sites (tertiary alicyclic amines) is 1. The minimum atomic E-state index is 0.242. The molecule has 2 rings (SSSR count). The number of hydrogen-bond acceptors (Lipinski definition) is 4. The molecule has 1 aliphatic heterocycles. The van der Waals surface area contributed by atoms with Gasteiger partial charge in [-0.15, -0.1) is 0 Å². The van der Waals surface area contributed by atoms with Crippen molar-refractivity contribution in [1.29, 1.82) is 0 Å². The van der Waals surface area contributed by atoms with Crippen LogP contribution in [0.4, 0.5) is 0 Å². The third-order valence-corrected chi connectivity index (χ3v) is 4.23. The van der Waals surface area contributed by atoms with E-state index in [9.17, 15) is 0 Å². The summed E-state index contributed by atoms with van der Waals surface area (Å²) in [6.45, 7) is 3.00. The Kier molecular flexibility index (Phi) is 5.83. The van der Waals surface area contributed by atoms with E-state index in [2.05, 4.69) is 17.0 Å². The van der Waals surface area contributed by atoms with Gasteiger partial charge in [0.05, 0.1) is 7.11 Å². The molecule has 1 aromatic rings. The highest BCUT2D eigenvalue weighted by molar-refractivity contribution is 5.30. The van der Waals surface area contributed by atoms with Crippen molar-refractivity contribution in [2.24, 2.45) is 11.7 Å². The molecule has 0 amide bonds. The largest absolute Gasteiger partial charge is 0.497 e. The molecule has 1 heterocycles. The Morgan fingerprint density at radius 1 is 1.50 bits per heavy atom. The lowest BCUT2D eigenvalue weighted by molar-refractivity contribution is 0.110. The fraction of sp³-hybridized carbons (Fsp3) is 0.625. The maximum absolute atomic E-state index is 9.13. The number of nitrogens with zero attached hydrogens (tertiary/aromatic N) is 1. The van der Waals surface area contributed by atoms with Crippen LogP contribution in [0.5, 0.6) is 5.75 Å². The highest BCUT2D eigenvalue weighted by Gasteiger charge is 2.26. The molecular formula is C16H26N2O2. The second-order valence-electron chi connectivity index (χ2n) is 5.54. The Bertz CT molecular complexity index is 409. The molecular weight excluding hydrogens is 252 g/mol. The van der Waals surface area contributed by atoms with Crippen molar-refractivity contribution in [2.75, 3.05) is 33.4 Å². The Balaban J connectivity index is 2.10. The number of ether oxygens (including phenoxy) is 1. The second kappa shape index (κ2) is 7.62. The second-order valence-corrected chi connectivity index (χ2v) is 5.54. The summed E-state index contributed by atoms with van der Waals surface area (Å²) >= 11 is 0. The number of rotatable bonds is 6. The summed E-state index contributed by atoms with van der Waals surface area (Å²) in [5.41, 5.74) is 7.23. The van der Waals surface area contributed by atoms with Crippen LogP contribution >= 0.6 is 0 Å². The molecule has 1 aliphatic rings. The molecule has 1 saturated heterocycles. The quantitative estimate of drug-likeness (QED) is 0.833. The van der Waals surface area contributed by atoms with Crippen LogP contribution < -0.4 is 10.5 Å². The van der Waals surface area contributed by atoms with Crippen LogP contribution in [0, 0.1) is 5.92 Å². The monoisotopic (exact) mass is 278 g/mol. The van der Waals surface area contributed by atoms with Crippen LogP contribution in [-0.4, -0.2) is 43.4 Å². The predicted molar refractivity (Wildman–Crippen MR) is 80.8 cm³/mol. The minimum absolute atomic E-state index is 0.242. The fourth-order valence-electron chi connectivity index (χ4n) is 3.14. The molecule has 1 fully saturated rings. The summed E-state index contributed by atoms with van der Waals surface area (Å²) in [7, 11) is 1.69. The van der Waals surface area contributed by atoms with Gasteiger partial charge in [0.15, 0.2) is 0 Å². The van der Waals surface area contributed by atoms with Gasteiger partial charge in [0.1, 0.15) is 5.75 Å². The molecule has 0 bridgehead atoms. The highest BCUT2D eigenvalue weighted by Crippen LogP contribution is 2.29. The number of aliphatic hydroxyl groups is 1. The van der Waals surface area contributed by atoms with E-state index in [0.29, 0.717) is 12.5 Å². The van der Waals surface area contributed by atoms with Gasteiger partial charge in [-0.25, -0.2) is 0 Å². The third-order valence-electron chi connectivity index (χ3n) is 4.23. The maximum Gasteiger partial charge on any atom is 0.119 e. The summed E-state index contributed by atoms with van der Waals surface area (Å²) in [4.78, 5) is 2.46. The topological polar surface area (TPSA) is 58.7 Å². The van der Waals surface area contributed by atoms with Crippen molar-refractivity contribution in [1.82, 2.24) is 4.90 Å². The molecule has 4 heteroatoms. The summed E-state index contributed by atoms with van der Waals surface area (Å²) < 4.78 is 5.30. The molecule has 0 aliphatic carbocycles. The van der Waals surface area contributed by atoms with E-state index in [1.807, 2.05) is 12.1 Å². The van der Waals surface area contributed by atoms with E-state index in [1.165, 1.54) is 18.4 Å². The zero-order valence-electron chi connectivity index (χ0n) is 12.3. The van der Waals surface area contributed by atoms with Gasteiger partial charge >= 0.3 is 0 Å². The number of hydrogen-bond donors (Lipinski definition) is 2. The first-order chi connectivity index (χ1) is 9.78. The van der Waals surface area contributed by atoms with Crippen molar-refractivity contribution >= 4 is 0 Å². The van der Waals surface area contributed by atoms with Crippen LogP contribution in [0.2, 0.25) is 0 Å². The van der Waals surface area contributed by atoms with Gasteiger partial charge in [0.25, 0.3) is 0 Å². The Morgan fingerprint density at radius 2 is 2.35 bits per heavy atom. The van der Waals surface area contributed by atoms with E-state index in [-0.39, 0.29) is 12.6 Å². The first-order valence-corrected chi connectivity index (χ1v) is 7.47. The SMILES string of the molecule is COc1cccc(C(CN)N2CCCC(CCO)C2)c1. The third kappa shape index (κ3) is 3.72. The Labute approximate surface area is 121 Å². The summed E-state index contributed by atoms with van der Waals surface area (Å²) in [5, 5.41) is 9.13. The molecule has 0 radical (unpaired) electrons. The highest BCUT2D eigenvalue weighted by atomic mass is 16.5. The lowest BCUT2D eigenvalue weighted by atomic mass is 9.92. The smallest absolute Gasteiger partial charge is 0.119 e. The molecule has 2 atom stereocenters. The van der Waals surface area contributed by atoms with Crippen molar-refractivity contribution in [3.8, 4) is 5.75 Å². The van der Waals surface area contributed by atoms with Gasteiger partial charge in [-0.3, -0.25) is 4.90 Å². The summed E-state index contributed by atoms with van der Waals surface area (Å²) in [6.07, 6.45) is 3.30. The molecule has 0 saturated carbocycles. The van der Waals surface area contributed by atoms with E-state index in [0.717, 1.165) is 25.3 Å². The zero-order valence-corrected chi connectivity index (χ0v) is 12.3. The van der Waals surface area contributed by atoms with Gasteiger partial charge in [-0.05, 0) is 49.4 Å². The number of nitrogens with two attached hydrogens (primary N) is 1. The average Bonchev–Trinajstić information content (AvgIpc) is 2.49. The van der Waals surface area contributed by atoms with Crippen molar-refractivity contribution < 1.29 is 9.84 Å². The van der Waals surface area contributed by atoms with E-state index < -0.39 is 0 Å². The Morgan fingerprint density at radius 3 is 3.05 bits per heavy atom. The van der Waals surface area contributed by atoms with Crippen LogP contribution in [0.15, 0.2) is 24.3 Å². The Hall–Kier alpha value is -1.10. The number of aliphatic hydroxyl groups excluding tert-OH is 1.